The summed E-state index contributed by atoms with van der Waals surface area (Å²) >= 11 is 1.87. The fraction of sp³-hybridized carbons (Fsp3) is 0.246. The quantitative estimate of drug-likeness (QED) is 0.138. The number of fused-ring (bicyclic) bond motifs is 10. The van der Waals surface area contributed by atoms with Gasteiger partial charge in [0.15, 0.2) is 0 Å². The molecule has 1 aromatic heterocycles. The average molecular weight is 848 g/mol. The van der Waals surface area contributed by atoms with Gasteiger partial charge in [0.2, 0.25) is 0 Å². The normalized spacial score (nSPS) is 10.9. The first kappa shape index (κ1) is 48.1. The van der Waals surface area contributed by atoms with Crippen LogP contribution in [0.25, 0.3) is 70.3 Å². The topological polar surface area (TPSA) is 3.24 Å². The zero-order valence-corrected chi connectivity index (χ0v) is 40.7. The first-order chi connectivity index (χ1) is 30.8. The van der Waals surface area contributed by atoms with Gasteiger partial charge in [0.25, 0.3) is 0 Å². The third-order valence-corrected chi connectivity index (χ3v) is 12.3. The van der Waals surface area contributed by atoms with Gasteiger partial charge in [0.1, 0.15) is 0 Å². The maximum atomic E-state index is 4.17. The van der Waals surface area contributed by atoms with Gasteiger partial charge < -0.3 is 4.90 Å². The van der Waals surface area contributed by atoms with Gasteiger partial charge in [-0.3, -0.25) is 0 Å². The third-order valence-electron chi connectivity index (χ3n) is 11.1. The number of allylic oxidation sites excluding steroid dienone is 2. The van der Waals surface area contributed by atoms with E-state index in [1.165, 1.54) is 117 Å². The Labute approximate surface area is 384 Å². The van der Waals surface area contributed by atoms with Gasteiger partial charge in [-0.1, -0.05) is 202 Å². The molecule has 0 N–H and O–H groups in total. The van der Waals surface area contributed by atoms with Crippen LogP contribution in [0.15, 0.2) is 164 Å². The van der Waals surface area contributed by atoms with Crippen molar-refractivity contribution in [3.63, 3.8) is 0 Å². The molecule has 1 aliphatic carbocycles. The summed E-state index contributed by atoms with van der Waals surface area (Å²) in [6, 6.07) is 53.8. The lowest BCUT2D eigenvalue weighted by atomic mass is 9.89. The minimum atomic E-state index is 0.794. The summed E-state index contributed by atoms with van der Waals surface area (Å²) in [6.45, 7) is 28.2. The van der Waals surface area contributed by atoms with Crippen LogP contribution < -0.4 is 4.90 Å². The maximum Gasteiger partial charge on any atom is 0.0493 e. The smallest absolute Gasteiger partial charge is 0.0493 e. The highest BCUT2D eigenvalue weighted by Gasteiger charge is 2.26. The number of anilines is 2. The fourth-order valence-corrected chi connectivity index (χ4v) is 9.63. The van der Waals surface area contributed by atoms with Gasteiger partial charge in [0, 0.05) is 43.7 Å². The lowest BCUT2D eigenvalue weighted by Crippen LogP contribution is -2.20. The zero-order valence-electron chi connectivity index (χ0n) is 39.9. The molecule has 2 heteroatoms. The molecule has 0 spiro atoms. The number of thiophene rings is 1. The van der Waals surface area contributed by atoms with Gasteiger partial charge in [-0.25, -0.2) is 0 Å². The number of hydrogen-bond acceptors (Lipinski definition) is 2. The Bertz CT molecular complexity index is 2780. The van der Waals surface area contributed by atoms with Gasteiger partial charge in [-0.05, 0) is 124 Å². The average Bonchev–Trinajstić information content (AvgIpc) is 3.67. The van der Waals surface area contributed by atoms with E-state index < -0.39 is 0 Å². The van der Waals surface area contributed by atoms with E-state index in [4.69, 9.17) is 0 Å². The van der Waals surface area contributed by atoms with Crippen LogP contribution in [0.4, 0.5) is 11.4 Å². The van der Waals surface area contributed by atoms with E-state index in [1.54, 1.807) is 0 Å². The molecule has 2 bridgehead atoms. The van der Waals surface area contributed by atoms with E-state index in [0.29, 0.717) is 0 Å². The van der Waals surface area contributed by atoms with Crippen LogP contribution in [-0.2, 0) is 0 Å². The van der Waals surface area contributed by atoms with Crippen LogP contribution in [0.3, 0.4) is 0 Å². The second kappa shape index (κ2) is 23.5. The Morgan fingerprint density at radius 3 is 1.70 bits per heavy atom. The SMILES string of the molecule is C=C/C=C(\CCN(c1ccc2sc3ccccc3c2c1)c1ccc2c(C)c1-c1ccccc1-c1ccccc1-2)c1cccc(-c2ccccc2C)c1C.CC.CC.CCC.CCC. The lowest BCUT2D eigenvalue weighted by molar-refractivity contribution is 0.951. The number of nitrogens with zero attached hydrogens (tertiary/aromatic N) is 1. The van der Waals surface area contributed by atoms with Crippen molar-refractivity contribution >= 4 is 48.5 Å². The predicted octanol–water partition coefficient (Wildman–Crippen LogP) is 19.6. The molecule has 0 aliphatic heterocycles. The minimum absolute atomic E-state index is 0.794. The van der Waals surface area contributed by atoms with Crippen LogP contribution >= 0.6 is 11.3 Å². The maximum absolute atomic E-state index is 4.17. The van der Waals surface area contributed by atoms with Crippen molar-refractivity contribution in [3.05, 3.63) is 187 Å². The Kier molecular flexibility index (Phi) is 17.9. The molecule has 0 fully saturated rings. The first-order valence-electron chi connectivity index (χ1n) is 23.3. The molecule has 7 aromatic carbocycles. The van der Waals surface area contributed by atoms with E-state index in [1.807, 2.05) is 45.1 Å². The number of aryl methyl sites for hydroxylation is 1. The first-order valence-corrected chi connectivity index (χ1v) is 24.2. The molecule has 1 aliphatic rings. The molecule has 63 heavy (non-hydrogen) atoms. The molecule has 324 valence electrons. The minimum Gasteiger partial charge on any atom is -0.341 e. The third kappa shape index (κ3) is 10.3. The van der Waals surface area contributed by atoms with E-state index in [0.717, 1.165) is 13.0 Å². The van der Waals surface area contributed by atoms with Gasteiger partial charge in [-0.15, -0.1) is 11.3 Å². The molecule has 0 saturated heterocycles. The van der Waals surface area contributed by atoms with Crippen LogP contribution in [-0.4, -0.2) is 6.54 Å². The molecular formula is C61H69NS. The van der Waals surface area contributed by atoms with E-state index >= 15 is 0 Å². The Morgan fingerprint density at radius 2 is 1.05 bits per heavy atom. The molecule has 0 amide bonds. The van der Waals surface area contributed by atoms with Crippen LogP contribution in [0.1, 0.15) is 96.9 Å². The fourth-order valence-electron chi connectivity index (χ4n) is 8.55. The standard InChI is InChI=1S/C51H41NS.2C3H8.2C2H6/c1-5-15-36(39-23-14-24-40(34(39)3)38-17-7-6-16-33(38)2)30-31-52(37-26-29-50-47(32-37)45-21-12-13-25-49(45)53-50)48-28-27-41-35(4)51(48)46-22-11-10-20-44(46)43-19-9-8-18-42(41)43;2*1-3-2;2*1-2/h5-29,32H,1,30-31H2,2-4H3;2*3H2,1-2H3;2*1-2H3/b36-15+;;;;. The second-order valence-corrected chi connectivity index (χ2v) is 16.6. The monoisotopic (exact) mass is 848 g/mol. The molecular weight excluding hydrogens is 779 g/mol. The lowest BCUT2D eigenvalue weighted by Gasteiger charge is -2.30. The summed E-state index contributed by atoms with van der Waals surface area (Å²) in [5, 5.41) is 2.62. The van der Waals surface area contributed by atoms with E-state index in [2.05, 4.69) is 212 Å². The van der Waals surface area contributed by atoms with Gasteiger partial charge in [0.05, 0.1) is 0 Å². The molecule has 9 rings (SSSR count). The molecule has 8 aromatic rings. The highest BCUT2D eigenvalue weighted by molar-refractivity contribution is 7.25. The Morgan fingerprint density at radius 1 is 0.524 bits per heavy atom. The van der Waals surface area contributed by atoms with Crippen LogP contribution in [0.5, 0.6) is 0 Å². The van der Waals surface area contributed by atoms with Crippen molar-refractivity contribution in [1.82, 2.24) is 0 Å². The summed E-state index contributed by atoms with van der Waals surface area (Å²) in [6.07, 6.45) is 7.51. The van der Waals surface area contributed by atoms with Crippen molar-refractivity contribution in [2.75, 3.05) is 11.4 Å². The van der Waals surface area contributed by atoms with E-state index in [-0.39, 0.29) is 0 Å². The van der Waals surface area contributed by atoms with Crippen molar-refractivity contribution in [1.29, 1.82) is 0 Å². The van der Waals surface area contributed by atoms with Gasteiger partial charge in [-0.2, -0.15) is 0 Å². The number of rotatable bonds is 8. The molecule has 1 nitrogen and oxygen atoms in total. The number of hydrogen-bond donors (Lipinski definition) is 0. The van der Waals surface area contributed by atoms with Crippen molar-refractivity contribution in [3.8, 4) is 44.5 Å². The summed E-state index contributed by atoms with van der Waals surface area (Å²) in [4.78, 5) is 2.57. The summed E-state index contributed by atoms with van der Waals surface area (Å²) in [7, 11) is 0. The van der Waals surface area contributed by atoms with Crippen molar-refractivity contribution < 1.29 is 0 Å². The zero-order chi connectivity index (χ0) is 45.5. The van der Waals surface area contributed by atoms with Crippen molar-refractivity contribution in [2.24, 2.45) is 0 Å². The van der Waals surface area contributed by atoms with E-state index in [9.17, 15) is 0 Å². The largest absolute Gasteiger partial charge is 0.341 e. The van der Waals surface area contributed by atoms with Crippen LogP contribution in [0.2, 0.25) is 0 Å². The number of benzene rings is 7. The summed E-state index contributed by atoms with van der Waals surface area (Å²) in [5.74, 6) is 0. The van der Waals surface area contributed by atoms with Gasteiger partial charge >= 0.3 is 0 Å². The predicted molar refractivity (Wildman–Crippen MR) is 286 cm³/mol. The summed E-state index contributed by atoms with van der Waals surface area (Å²) < 4.78 is 2.64. The van der Waals surface area contributed by atoms with Crippen LogP contribution in [0, 0.1) is 20.8 Å². The Hall–Kier alpha value is -5.96. The molecule has 0 saturated carbocycles. The van der Waals surface area contributed by atoms with Crippen molar-refractivity contribution in [2.45, 2.75) is 95.4 Å². The molecule has 0 atom stereocenters. The molecule has 0 unspecified atom stereocenters. The highest BCUT2D eigenvalue weighted by Crippen LogP contribution is 2.50. The molecule has 1 heterocycles. The summed E-state index contributed by atoms with van der Waals surface area (Å²) in [5.41, 5.74) is 19.2. The Balaban J connectivity index is 0.000000692. The molecule has 0 radical (unpaired) electrons. The highest BCUT2D eigenvalue weighted by atomic mass is 32.1. The second-order valence-electron chi connectivity index (χ2n) is 15.5.